The summed E-state index contributed by atoms with van der Waals surface area (Å²) in [4.78, 5) is 0. The van der Waals surface area contributed by atoms with Gasteiger partial charge >= 0.3 is 0 Å². The third-order valence-electron chi connectivity index (χ3n) is 2.82. The normalized spacial score (nSPS) is 13.0. The van der Waals surface area contributed by atoms with Gasteiger partial charge < -0.3 is 9.73 Å². The Morgan fingerprint density at radius 1 is 1.33 bits per heavy atom. The summed E-state index contributed by atoms with van der Waals surface area (Å²) in [5.41, 5.74) is 1.33. The topological polar surface area (TPSA) is 25.2 Å². The summed E-state index contributed by atoms with van der Waals surface area (Å²) in [5, 5.41) is 3.52. The Morgan fingerprint density at radius 3 is 2.67 bits per heavy atom. The first-order chi connectivity index (χ1) is 7.29. The minimum atomic E-state index is 0.472. The Morgan fingerprint density at radius 2 is 2.13 bits per heavy atom. The lowest BCUT2D eigenvalue weighted by molar-refractivity contribution is 0.468. The van der Waals surface area contributed by atoms with Crippen LogP contribution in [0.15, 0.2) is 16.7 Å². The fourth-order valence-corrected chi connectivity index (χ4v) is 1.97. The highest BCUT2D eigenvalue weighted by Gasteiger charge is 2.13. The molecule has 0 bridgehead atoms. The van der Waals surface area contributed by atoms with Crippen LogP contribution in [0.2, 0.25) is 0 Å². The number of rotatable bonds is 7. The molecule has 0 amide bonds. The Hall–Kier alpha value is -0.760. The summed E-state index contributed by atoms with van der Waals surface area (Å²) < 4.78 is 5.36. The lowest BCUT2D eigenvalue weighted by Crippen LogP contribution is -2.21. The predicted molar refractivity (Wildman–Crippen MR) is 64.0 cm³/mol. The Labute approximate surface area is 93.1 Å². The van der Waals surface area contributed by atoms with Gasteiger partial charge in [-0.2, -0.15) is 0 Å². The molecule has 2 heteroatoms. The van der Waals surface area contributed by atoms with E-state index in [4.69, 9.17) is 4.42 Å². The van der Waals surface area contributed by atoms with Crippen molar-refractivity contribution >= 4 is 0 Å². The molecule has 0 radical (unpaired) electrons. The zero-order valence-electron chi connectivity index (χ0n) is 10.2. The van der Waals surface area contributed by atoms with E-state index in [0.717, 1.165) is 12.3 Å². The van der Waals surface area contributed by atoms with Crippen molar-refractivity contribution in [2.24, 2.45) is 0 Å². The fraction of sp³-hybridized carbons (Fsp3) is 0.692. The van der Waals surface area contributed by atoms with Gasteiger partial charge in [0.1, 0.15) is 5.76 Å². The van der Waals surface area contributed by atoms with E-state index >= 15 is 0 Å². The van der Waals surface area contributed by atoms with E-state index in [1.54, 1.807) is 6.26 Å². The maximum atomic E-state index is 5.36. The minimum absolute atomic E-state index is 0.472. The molecule has 86 valence electrons. The molecule has 0 saturated carbocycles. The maximum absolute atomic E-state index is 5.36. The Bertz CT molecular complexity index is 267. The molecule has 1 atom stereocenters. The van der Waals surface area contributed by atoms with Crippen LogP contribution in [0.4, 0.5) is 0 Å². The molecule has 2 nitrogen and oxygen atoms in total. The minimum Gasteiger partial charge on any atom is -0.469 e. The van der Waals surface area contributed by atoms with Crippen molar-refractivity contribution in [2.45, 2.75) is 52.5 Å². The summed E-state index contributed by atoms with van der Waals surface area (Å²) in [6.07, 6.45) is 6.89. The van der Waals surface area contributed by atoms with Gasteiger partial charge in [-0.1, -0.05) is 33.1 Å². The molecule has 1 N–H and O–H groups in total. The van der Waals surface area contributed by atoms with Crippen LogP contribution in [0.5, 0.6) is 0 Å². The lowest BCUT2D eigenvalue weighted by Gasteiger charge is -2.17. The second kappa shape index (κ2) is 6.67. The van der Waals surface area contributed by atoms with Crippen molar-refractivity contribution in [1.82, 2.24) is 5.32 Å². The standard InChI is InChI=1S/C13H23NO/c1-4-6-7-8-13(14-5-2)12-9-10-15-11(12)3/h9-10,13-14H,4-8H2,1-3H3. The molecule has 1 rings (SSSR count). The van der Waals surface area contributed by atoms with Crippen molar-refractivity contribution in [3.8, 4) is 0 Å². The van der Waals surface area contributed by atoms with E-state index in [1.165, 1.54) is 31.2 Å². The highest BCUT2D eigenvalue weighted by atomic mass is 16.3. The van der Waals surface area contributed by atoms with Crippen LogP contribution >= 0.6 is 0 Å². The van der Waals surface area contributed by atoms with Gasteiger partial charge in [-0.3, -0.25) is 0 Å². The van der Waals surface area contributed by atoms with E-state index in [1.807, 2.05) is 6.92 Å². The van der Waals surface area contributed by atoms with Crippen molar-refractivity contribution in [2.75, 3.05) is 6.54 Å². The molecule has 15 heavy (non-hydrogen) atoms. The first kappa shape index (κ1) is 12.3. The zero-order valence-corrected chi connectivity index (χ0v) is 10.2. The van der Waals surface area contributed by atoms with Gasteiger partial charge in [0.15, 0.2) is 0 Å². The van der Waals surface area contributed by atoms with Gasteiger partial charge in [0, 0.05) is 11.6 Å². The van der Waals surface area contributed by atoms with Crippen molar-refractivity contribution in [3.63, 3.8) is 0 Å². The number of hydrogen-bond donors (Lipinski definition) is 1. The highest BCUT2D eigenvalue weighted by molar-refractivity contribution is 5.20. The summed E-state index contributed by atoms with van der Waals surface area (Å²) in [7, 11) is 0. The number of furan rings is 1. The number of aryl methyl sites for hydroxylation is 1. The predicted octanol–water partition coefficient (Wildman–Crippen LogP) is 3.82. The monoisotopic (exact) mass is 209 g/mol. The molecule has 1 heterocycles. The average Bonchev–Trinajstić information content (AvgIpc) is 2.64. The zero-order chi connectivity index (χ0) is 11.1. The number of nitrogens with one attached hydrogen (secondary N) is 1. The quantitative estimate of drug-likeness (QED) is 0.691. The van der Waals surface area contributed by atoms with Gasteiger partial charge in [0.25, 0.3) is 0 Å². The summed E-state index contributed by atoms with van der Waals surface area (Å²) >= 11 is 0. The molecule has 0 aliphatic carbocycles. The SMILES string of the molecule is CCCCCC(NCC)c1ccoc1C. The molecule has 1 unspecified atom stereocenters. The molecule has 0 aliphatic heterocycles. The third kappa shape index (κ3) is 3.71. The van der Waals surface area contributed by atoms with E-state index < -0.39 is 0 Å². The first-order valence-electron chi connectivity index (χ1n) is 6.07. The van der Waals surface area contributed by atoms with Crippen LogP contribution in [-0.2, 0) is 0 Å². The Kier molecular flexibility index (Phi) is 5.48. The van der Waals surface area contributed by atoms with E-state index in [0.29, 0.717) is 6.04 Å². The van der Waals surface area contributed by atoms with Crippen LogP contribution in [0.1, 0.15) is 56.9 Å². The first-order valence-corrected chi connectivity index (χ1v) is 6.07. The second-order valence-electron chi connectivity index (χ2n) is 4.04. The van der Waals surface area contributed by atoms with E-state index in [9.17, 15) is 0 Å². The number of hydrogen-bond acceptors (Lipinski definition) is 2. The smallest absolute Gasteiger partial charge is 0.105 e. The number of unbranched alkanes of at least 4 members (excludes halogenated alkanes) is 2. The van der Waals surface area contributed by atoms with Gasteiger partial charge in [-0.05, 0) is 26.0 Å². The summed E-state index contributed by atoms with van der Waals surface area (Å²) in [5.74, 6) is 1.05. The van der Waals surface area contributed by atoms with Crippen LogP contribution in [0.3, 0.4) is 0 Å². The molecule has 1 aromatic rings. The fourth-order valence-electron chi connectivity index (χ4n) is 1.97. The maximum Gasteiger partial charge on any atom is 0.105 e. The van der Waals surface area contributed by atoms with Crippen LogP contribution < -0.4 is 5.32 Å². The van der Waals surface area contributed by atoms with Crippen molar-refractivity contribution in [1.29, 1.82) is 0 Å². The van der Waals surface area contributed by atoms with Gasteiger partial charge in [0.2, 0.25) is 0 Å². The lowest BCUT2D eigenvalue weighted by atomic mass is 10.0. The second-order valence-corrected chi connectivity index (χ2v) is 4.04. The highest BCUT2D eigenvalue weighted by Crippen LogP contribution is 2.23. The van der Waals surface area contributed by atoms with Crippen LogP contribution in [0, 0.1) is 6.92 Å². The largest absolute Gasteiger partial charge is 0.469 e. The molecule has 0 fully saturated rings. The van der Waals surface area contributed by atoms with Crippen molar-refractivity contribution in [3.05, 3.63) is 23.7 Å². The van der Waals surface area contributed by atoms with Crippen LogP contribution in [-0.4, -0.2) is 6.54 Å². The van der Waals surface area contributed by atoms with Gasteiger partial charge in [-0.25, -0.2) is 0 Å². The molecule has 0 saturated heterocycles. The molecule has 0 aromatic carbocycles. The Balaban J connectivity index is 2.53. The van der Waals surface area contributed by atoms with E-state index in [-0.39, 0.29) is 0 Å². The average molecular weight is 209 g/mol. The summed E-state index contributed by atoms with van der Waals surface area (Å²) in [6, 6.07) is 2.56. The molecular formula is C13H23NO. The molecular weight excluding hydrogens is 186 g/mol. The third-order valence-corrected chi connectivity index (χ3v) is 2.82. The molecule has 0 spiro atoms. The van der Waals surface area contributed by atoms with Crippen molar-refractivity contribution < 1.29 is 4.42 Å². The van der Waals surface area contributed by atoms with Crippen LogP contribution in [0.25, 0.3) is 0 Å². The van der Waals surface area contributed by atoms with Gasteiger partial charge in [0.05, 0.1) is 6.26 Å². The van der Waals surface area contributed by atoms with E-state index in [2.05, 4.69) is 25.2 Å². The molecule has 1 aromatic heterocycles. The van der Waals surface area contributed by atoms with Gasteiger partial charge in [-0.15, -0.1) is 0 Å². The summed E-state index contributed by atoms with van der Waals surface area (Å²) in [6.45, 7) is 7.45. The molecule has 0 aliphatic rings.